The van der Waals surface area contributed by atoms with E-state index >= 15 is 0 Å². The van der Waals surface area contributed by atoms with Crippen LogP contribution in [0.25, 0.3) is 0 Å². The van der Waals surface area contributed by atoms with Crippen molar-refractivity contribution in [1.82, 2.24) is 15.8 Å². The maximum Gasteiger partial charge on any atom is 0.229 e. The molecule has 0 bridgehead atoms. The SMILES string of the molecule is COC[C@]1(O)CCN(C(=O)C2CNNC2c2cccc(C)c2)CC1(C)C. The van der Waals surface area contributed by atoms with Crippen molar-refractivity contribution in [1.29, 1.82) is 0 Å². The summed E-state index contributed by atoms with van der Waals surface area (Å²) in [5, 5.41) is 10.9. The molecule has 144 valence electrons. The molecule has 0 aromatic heterocycles. The first-order valence-corrected chi connectivity index (χ1v) is 9.32. The highest BCUT2D eigenvalue weighted by Gasteiger charge is 2.50. The number of nitrogens with zero attached hydrogens (tertiary/aromatic N) is 1. The number of aryl methyl sites for hydroxylation is 1. The summed E-state index contributed by atoms with van der Waals surface area (Å²) in [7, 11) is 1.61. The summed E-state index contributed by atoms with van der Waals surface area (Å²) >= 11 is 0. The lowest BCUT2D eigenvalue weighted by molar-refractivity contribution is -0.166. The van der Waals surface area contributed by atoms with Gasteiger partial charge in [0.05, 0.1) is 24.2 Å². The van der Waals surface area contributed by atoms with Gasteiger partial charge < -0.3 is 14.7 Å². The van der Waals surface area contributed by atoms with Gasteiger partial charge in [0, 0.05) is 32.2 Å². The summed E-state index contributed by atoms with van der Waals surface area (Å²) in [6, 6.07) is 8.25. The van der Waals surface area contributed by atoms with Crippen LogP contribution in [0.5, 0.6) is 0 Å². The van der Waals surface area contributed by atoms with E-state index in [1.165, 1.54) is 5.56 Å². The highest BCUT2D eigenvalue weighted by atomic mass is 16.5. The molecule has 1 aromatic rings. The molecule has 6 nitrogen and oxygen atoms in total. The number of ether oxygens (including phenoxy) is 1. The number of hydrogen-bond donors (Lipinski definition) is 3. The van der Waals surface area contributed by atoms with Gasteiger partial charge in [0.1, 0.15) is 0 Å². The fourth-order valence-corrected chi connectivity index (χ4v) is 4.20. The molecule has 0 spiro atoms. The number of carbonyl (C=O) groups excluding carboxylic acids is 1. The van der Waals surface area contributed by atoms with E-state index in [1.54, 1.807) is 7.11 Å². The number of benzene rings is 1. The molecule has 26 heavy (non-hydrogen) atoms. The van der Waals surface area contributed by atoms with Crippen molar-refractivity contribution in [3.05, 3.63) is 35.4 Å². The Kier molecular flexibility index (Phi) is 5.40. The molecule has 6 heteroatoms. The Hall–Kier alpha value is -1.47. The predicted octanol–water partition coefficient (Wildman–Crippen LogP) is 1.40. The predicted molar refractivity (Wildman–Crippen MR) is 100 cm³/mol. The van der Waals surface area contributed by atoms with Crippen molar-refractivity contribution in [3.63, 3.8) is 0 Å². The van der Waals surface area contributed by atoms with Crippen molar-refractivity contribution in [2.45, 2.75) is 38.8 Å². The normalized spacial score (nSPS) is 31.2. The molecule has 3 N–H and O–H groups in total. The molecule has 3 atom stereocenters. The first kappa shape index (κ1) is 19.3. The lowest BCUT2D eigenvalue weighted by atomic mass is 9.70. The van der Waals surface area contributed by atoms with Gasteiger partial charge in [-0.2, -0.15) is 0 Å². The van der Waals surface area contributed by atoms with Crippen molar-refractivity contribution >= 4 is 5.91 Å². The van der Waals surface area contributed by atoms with Crippen molar-refractivity contribution in [3.8, 4) is 0 Å². The van der Waals surface area contributed by atoms with Gasteiger partial charge in [-0.1, -0.05) is 43.7 Å². The fourth-order valence-electron chi connectivity index (χ4n) is 4.20. The number of hydrazine groups is 1. The lowest BCUT2D eigenvalue weighted by Gasteiger charge is -2.50. The summed E-state index contributed by atoms with van der Waals surface area (Å²) in [6.45, 7) is 8.06. The number of hydrogen-bond acceptors (Lipinski definition) is 5. The van der Waals surface area contributed by atoms with Gasteiger partial charge in [-0.05, 0) is 18.9 Å². The average molecular weight is 361 g/mol. The van der Waals surface area contributed by atoms with Crippen LogP contribution in [-0.4, -0.2) is 54.9 Å². The fraction of sp³-hybridized carbons (Fsp3) is 0.650. The summed E-state index contributed by atoms with van der Waals surface area (Å²) in [6.07, 6.45) is 0.530. The third-order valence-electron chi connectivity index (χ3n) is 6.04. The molecule has 1 amide bonds. The second-order valence-corrected chi connectivity index (χ2v) is 8.38. The number of likely N-dealkylation sites (tertiary alicyclic amines) is 1. The minimum Gasteiger partial charge on any atom is -0.387 e. The van der Waals surface area contributed by atoms with Gasteiger partial charge >= 0.3 is 0 Å². The summed E-state index contributed by atoms with van der Waals surface area (Å²) < 4.78 is 5.23. The van der Waals surface area contributed by atoms with Crippen molar-refractivity contribution < 1.29 is 14.6 Å². The van der Waals surface area contributed by atoms with E-state index in [2.05, 4.69) is 36.0 Å². The van der Waals surface area contributed by atoms with E-state index in [9.17, 15) is 9.90 Å². The highest BCUT2D eigenvalue weighted by Crippen LogP contribution is 2.40. The monoisotopic (exact) mass is 361 g/mol. The Morgan fingerprint density at radius 2 is 2.19 bits per heavy atom. The Bertz CT molecular complexity index is 663. The second-order valence-electron chi connectivity index (χ2n) is 8.38. The number of nitrogens with one attached hydrogen (secondary N) is 2. The molecule has 2 aliphatic heterocycles. The van der Waals surface area contributed by atoms with E-state index in [0.29, 0.717) is 32.7 Å². The first-order valence-electron chi connectivity index (χ1n) is 9.32. The van der Waals surface area contributed by atoms with Gasteiger partial charge in [0.15, 0.2) is 0 Å². The summed E-state index contributed by atoms with van der Waals surface area (Å²) in [4.78, 5) is 15.2. The molecule has 1 aromatic carbocycles. The van der Waals surface area contributed by atoms with Crippen LogP contribution in [-0.2, 0) is 9.53 Å². The van der Waals surface area contributed by atoms with Crippen LogP contribution in [0.2, 0.25) is 0 Å². The maximum atomic E-state index is 13.3. The molecule has 3 rings (SSSR count). The van der Waals surface area contributed by atoms with Crippen molar-refractivity contribution in [2.75, 3.05) is 33.4 Å². The van der Waals surface area contributed by atoms with Crippen LogP contribution >= 0.6 is 0 Å². The zero-order chi connectivity index (χ0) is 18.9. The lowest BCUT2D eigenvalue weighted by Crippen LogP contribution is -2.61. The van der Waals surface area contributed by atoms with Crippen LogP contribution < -0.4 is 10.9 Å². The van der Waals surface area contributed by atoms with Gasteiger partial charge in [-0.15, -0.1) is 0 Å². The molecular weight excluding hydrogens is 330 g/mol. The number of amides is 1. The van der Waals surface area contributed by atoms with Crippen LogP contribution in [0.1, 0.15) is 37.4 Å². The number of methoxy groups -OCH3 is 1. The summed E-state index contributed by atoms with van der Waals surface area (Å²) in [5.41, 5.74) is 7.40. The maximum absolute atomic E-state index is 13.3. The second kappa shape index (κ2) is 7.27. The third-order valence-corrected chi connectivity index (χ3v) is 6.04. The molecule has 0 saturated carbocycles. The molecule has 2 aliphatic rings. The smallest absolute Gasteiger partial charge is 0.229 e. The molecule has 2 unspecified atom stereocenters. The minimum absolute atomic E-state index is 0.0368. The third kappa shape index (κ3) is 3.51. The van der Waals surface area contributed by atoms with Crippen LogP contribution in [0.15, 0.2) is 24.3 Å². The van der Waals surface area contributed by atoms with Gasteiger partial charge in [-0.25, -0.2) is 5.43 Å². The van der Waals surface area contributed by atoms with E-state index in [-0.39, 0.29) is 17.9 Å². The van der Waals surface area contributed by atoms with Crippen molar-refractivity contribution in [2.24, 2.45) is 11.3 Å². The van der Waals surface area contributed by atoms with Crippen LogP contribution in [0.4, 0.5) is 0 Å². The standard InChI is InChI=1S/C20H31N3O3/c1-14-6-5-7-15(10-14)17-16(11-21-22-17)18(24)23-9-8-20(25,13-26-4)19(2,3)12-23/h5-7,10,16-17,21-22,25H,8-9,11-13H2,1-4H3/t16?,17?,20-/m1/s1. The molecule has 2 fully saturated rings. The highest BCUT2D eigenvalue weighted by molar-refractivity contribution is 5.80. The van der Waals surface area contributed by atoms with E-state index in [1.807, 2.05) is 24.8 Å². The molecule has 2 heterocycles. The number of carbonyl (C=O) groups is 1. The number of rotatable bonds is 4. The average Bonchev–Trinajstić information content (AvgIpc) is 3.07. The summed E-state index contributed by atoms with van der Waals surface area (Å²) in [5.74, 6) is -0.0113. The van der Waals surface area contributed by atoms with Gasteiger partial charge in [0.2, 0.25) is 5.91 Å². The zero-order valence-electron chi connectivity index (χ0n) is 16.2. The molecule has 2 saturated heterocycles. The Balaban J connectivity index is 1.75. The van der Waals surface area contributed by atoms with E-state index in [4.69, 9.17) is 4.74 Å². The molecule has 0 aliphatic carbocycles. The number of aliphatic hydroxyl groups is 1. The largest absolute Gasteiger partial charge is 0.387 e. The Labute approximate surface area is 155 Å². The topological polar surface area (TPSA) is 73.8 Å². The Morgan fingerprint density at radius 1 is 1.42 bits per heavy atom. The first-order chi connectivity index (χ1) is 12.3. The number of piperidine rings is 1. The van der Waals surface area contributed by atoms with Crippen LogP contribution in [0, 0.1) is 18.3 Å². The van der Waals surface area contributed by atoms with E-state index < -0.39 is 11.0 Å². The molecule has 0 radical (unpaired) electrons. The minimum atomic E-state index is -0.902. The Morgan fingerprint density at radius 3 is 2.85 bits per heavy atom. The van der Waals surface area contributed by atoms with Gasteiger partial charge in [0.25, 0.3) is 0 Å². The van der Waals surface area contributed by atoms with E-state index in [0.717, 1.165) is 5.56 Å². The van der Waals surface area contributed by atoms with Crippen LogP contribution in [0.3, 0.4) is 0 Å². The zero-order valence-corrected chi connectivity index (χ0v) is 16.2. The quantitative estimate of drug-likeness (QED) is 0.756. The van der Waals surface area contributed by atoms with Gasteiger partial charge in [-0.3, -0.25) is 10.2 Å². The molecular formula is C20H31N3O3.